The maximum absolute atomic E-state index is 11.9. The van der Waals surface area contributed by atoms with Crippen LogP contribution in [0.3, 0.4) is 0 Å². The molecule has 12 nitrogen and oxygen atoms in total. The Bertz CT molecular complexity index is 837. The molecule has 1 unspecified atom stereocenters. The molecule has 0 radical (unpaired) electrons. The fourth-order valence-electron chi connectivity index (χ4n) is 1.81. The lowest BCUT2D eigenvalue weighted by Gasteiger charge is -2.33. The van der Waals surface area contributed by atoms with Gasteiger partial charge >= 0.3 is 22.2 Å². The third-order valence-electron chi connectivity index (χ3n) is 3.02. The minimum atomic E-state index is -4.62. The number of aromatic carboxylic acids is 1. The molecule has 1 saturated heterocycles. The number of carboxylic acids is 1. The molecular weight excluding hydrogens is 348 g/mol. The number of benzene rings is 1. The Kier molecular flexibility index (Phi) is 4.22. The number of hydrogen-bond donors (Lipinski definition) is 6. The van der Waals surface area contributed by atoms with Gasteiger partial charge in [0.1, 0.15) is 6.04 Å². The summed E-state index contributed by atoms with van der Waals surface area (Å²) in [6.07, 6.45) is 0. The van der Waals surface area contributed by atoms with Crippen LogP contribution in [0.25, 0.3) is 0 Å². The van der Waals surface area contributed by atoms with Crippen LogP contribution in [-0.4, -0.2) is 59.1 Å². The first-order valence-electron chi connectivity index (χ1n) is 6.22. The number of likely N-dealkylation sites (tertiary alicyclic amines) is 1. The minimum absolute atomic E-state index is 0.166. The molecular formula is C11H12N4O8S. The van der Waals surface area contributed by atoms with Crippen molar-refractivity contribution in [3.8, 4) is 11.5 Å². The van der Waals surface area contributed by atoms with E-state index in [9.17, 15) is 33.0 Å². The molecule has 1 fully saturated rings. The Balaban J connectivity index is 2.20. The van der Waals surface area contributed by atoms with E-state index in [0.29, 0.717) is 17.0 Å². The van der Waals surface area contributed by atoms with Crippen molar-refractivity contribution in [2.45, 2.75) is 6.04 Å². The number of imide groups is 1. The smallest absolute Gasteiger partial charge is 0.339 e. The number of phenolic OH excluding ortho intramolecular Hbond substituents is 2. The molecule has 24 heavy (non-hydrogen) atoms. The minimum Gasteiger partial charge on any atom is -0.504 e. The van der Waals surface area contributed by atoms with Crippen LogP contribution in [0.2, 0.25) is 0 Å². The van der Waals surface area contributed by atoms with Gasteiger partial charge in [0.2, 0.25) is 5.91 Å². The van der Waals surface area contributed by atoms with E-state index in [1.54, 1.807) is 4.72 Å². The summed E-state index contributed by atoms with van der Waals surface area (Å²) < 4.78 is 26.9. The second kappa shape index (κ2) is 5.86. The molecule has 1 atom stereocenters. The number of amides is 3. The molecule has 13 heteroatoms. The summed E-state index contributed by atoms with van der Waals surface area (Å²) >= 11 is 0. The molecule has 0 aromatic heterocycles. The van der Waals surface area contributed by atoms with Gasteiger partial charge in [0.25, 0.3) is 0 Å². The molecule has 0 bridgehead atoms. The summed E-state index contributed by atoms with van der Waals surface area (Å²) in [5.74, 6) is -3.93. The van der Waals surface area contributed by atoms with E-state index in [1.807, 2.05) is 0 Å². The summed E-state index contributed by atoms with van der Waals surface area (Å²) in [6, 6.07) is -0.893. The van der Waals surface area contributed by atoms with Crippen molar-refractivity contribution >= 4 is 33.8 Å². The number of carbonyl (C=O) groups excluding carboxylic acids is 2. The Morgan fingerprint density at radius 3 is 2.33 bits per heavy atom. The van der Waals surface area contributed by atoms with Gasteiger partial charge in [-0.1, -0.05) is 0 Å². The first kappa shape index (κ1) is 17.3. The highest BCUT2D eigenvalue weighted by Gasteiger charge is 2.39. The molecule has 3 amide bonds. The van der Waals surface area contributed by atoms with E-state index in [1.165, 1.54) is 4.72 Å². The average molecular weight is 360 g/mol. The summed E-state index contributed by atoms with van der Waals surface area (Å²) in [5.41, 5.74) is 3.99. The number of nitrogens with zero attached hydrogens (tertiary/aromatic N) is 1. The second-order valence-electron chi connectivity index (χ2n) is 4.76. The van der Waals surface area contributed by atoms with Gasteiger partial charge in [-0.2, -0.15) is 8.42 Å². The molecule has 1 aromatic rings. The summed E-state index contributed by atoms with van der Waals surface area (Å²) in [5, 5.41) is 27.6. The van der Waals surface area contributed by atoms with Gasteiger partial charge in [-0.05, 0) is 0 Å². The molecule has 0 spiro atoms. The lowest BCUT2D eigenvalue weighted by atomic mass is 10.1. The van der Waals surface area contributed by atoms with Gasteiger partial charge in [0, 0.05) is 12.1 Å². The standard InChI is InChI=1S/C11H12N4O8S/c12-5-3-15(9(5)18)11(21)14-24(22,23)13-6-2-8(17)7(16)1-4(6)10(19)20/h1-2,5,13,16-17H,3,12H2,(H,14,21)(H,19,20). The van der Waals surface area contributed by atoms with Gasteiger partial charge in [0.15, 0.2) is 11.5 Å². The van der Waals surface area contributed by atoms with Crippen molar-refractivity contribution in [2.24, 2.45) is 5.73 Å². The van der Waals surface area contributed by atoms with Crippen LogP contribution in [0.15, 0.2) is 12.1 Å². The van der Waals surface area contributed by atoms with Crippen LogP contribution in [-0.2, 0) is 15.0 Å². The molecule has 130 valence electrons. The number of nitrogens with one attached hydrogen (secondary N) is 2. The number of urea groups is 1. The van der Waals surface area contributed by atoms with Crippen LogP contribution >= 0.6 is 0 Å². The summed E-state index contributed by atoms with van der Waals surface area (Å²) in [7, 11) is -4.62. The monoisotopic (exact) mass is 360 g/mol. The van der Waals surface area contributed by atoms with Gasteiger partial charge in [-0.3, -0.25) is 14.4 Å². The Labute approximate surface area is 134 Å². The van der Waals surface area contributed by atoms with Crippen molar-refractivity contribution in [3.05, 3.63) is 17.7 Å². The zero-order valence-corrected chi connectivity index (χ0v) is 12.6. The predicted octanol–water partition coefficient (Wildman–Crippen LogP) is -1.67. The normalized spacial score (nSPS) is 17.1. The second-order valence-corrected chi connectivity index (χ2v) is 6.17. The van der Waals surface area contributed by atoms with E-state index in [0.717, 1.165) is 0 Å². The van der Waals surface area contributed by atoms with E-state index in [4.69, 9.17) is 10.8 Å². The number of nitrogens with two attached hydrogens (primary N) is 1. The lowest BCUT2D eigenvalue weighted by Crippen LogP contribution is -2.65. The third kappa shape index (κ3) is 3.31. The molecule has 1 aliphatic heterocycles. The fourth-order valence-corrected chi connectivity index (χ4v) is 2.66. The Morgan fingerprint density at radius 1 is 1.25 bits per heavy atom. The average Bonchev–Trinajstić information content (AvgIpc) is 2.46. The number of anilines is 1. The quantitative estimate of drug-likeness (QED) is 0.206. The fraction of sp³-hybridized carbons (Fsp3) is 0.182. The maximum Gasteiger partial charge on any atom is 0.339 e. The zero-order chi connectivity index (χ0) is 18.2. The van der Waals surface area contributed by atoms with Crippen LogP contribution in [0.5, 0.6) is 11.5 Å². The predicted molar refractivity (Wildman–Crippen MR) is 77.5 cm³/mol. The molecule has 7 N–H and O–H groups in total. The number of carbonyl (C=O) groups is 3. The first-order valence-corrected chi connectivity index (χ1v) is 7.71. The van der Waals surface area contributed by atoms with Gasteiger partial charge in [-0.15, -0.1) is 0 Å². The topological polar surface area (TPSA) is 199 Å². The van der Waals surface area contributed by atoms with E-state index in [-0.39, 0.29) is 6.54 Å². The van der Waals surface area contributed by atoms with Crippen molar-refractivity contribution in [2.75, 3.05) is 11.3 Å². The molecule has 1 heterocycles. The first-order chi connectivity index (χ1) is 11.0. The van der Waals surface area contributed by atoms with Gasteiger partial charge < -0.3 is 21.1 Å². The number of β-lactam (4-membered cyclic amide) rings is 1. The van der Waals surface area contributed by atoms with Crippen LogP contribution < -0.4 is 15.2 Å². The van der Waals surface area contributed by atoms with E-state index >= 15 is 0 Å². The SMILES string of the molecule is NC1CN(C(=O)NS(=O)(=O)Nc2cc(O)c(O)cc2C(=O)O)C1=O. The largest absolute Gasteiger partial charge is 0.504 e. The molecule has 1 aromatic carbocycles. The molecule has 0 saturated carbocycles. The van der Waals surface area contributed by atoms with Crippen molar-refractivity contribution in [1.82, 2.24) is 9.62 Å². The highest BCUT2D eigenvalue weighted by molar-refractivity contribution is 7.91. The number of carboxylic acid groups (broad SMARTS) is 1. The number of rotatable bonds is 4. The zero-order valence-electron chi connectivity index (χ0n) is 11.8. The Hall–Kier alpha value is -3.06. The molecule has 2 rings (SSSR count). The van der Waals surface area contributed by atoms with Crippen molar-refractivity contribution < 1.29 is 38.1 Å². The van der Waals surface area contributed by atoms with E-state index in [2.05, 4.69) is 0 Å². The number of phenols is 2. The van der Waals surface area contributed by atoms with E-state index < -0.39 is 56.9 Å². The molecule has 0 aliphatic carbocycles. The highest BCUT2D eigenvalue weighted by Crippen LogP contribution is 2.31. The highest BCUT2D eigenvalue weighted by atomic mass is 32.2. The Morgan fingerprint density at radius 2 is 1.83 bits per heavy atom. The number of hydrogen-bond acceptors (Lipinski definition) is 8. The van der Waals surface area contributed by atoms with Gasteiger partial charge in [-0.25, -0.2) is 14.3 Å². The van der Waals surface area contributed by atoms with Gasteiger partial charge in [0.05, 0.1) is 17.8 Å². The lowest BCUT2D eigenvalue weighted by molar-refractivity contribution is -0.137. The summed E-state index contributed by atoms with van der Waals surface area (Å²) in [6.45, 7) is -0.166. The van der Waals surface area contributed by atoms with Crippen LogP contribution in [0, 0.1) is 0 Å². The summed E-state index contributed by atoms with van der Waals surface area (Å²) in [4.78, 5) is 34.5. The van der Waals surface area contributed by atoms with Crippen molar-refractivity contribution in [1.29, 1.82) is 0 Å². The molecule has 1 aliphatic rings. The maximum atomic E-state index is 11.9. The van der Waals surface area contributed by atoms with Crippen LogP contribution in [0.4, 0.5) is 10.5 Å². The van der Waals surface area contributed by atoms with Crippen LogP contribution in [0.1, 0.15) is 10.4 Å². The third-order valence-corrected chi connectivity index (χ3v) is 3.95. The number of aromatic hydroxyl groups is 2. The van der Waals surface area contributed by atoms with Crippen molar-refractivity contribution in [3.63, 3.8) is 0 Å².